The van der Waals surface area contributed by atoms with Crippen molar-refractivity contribution in [2.24, 2.45) is 0 Å². The quantitative estimate of drug-likeness (QED) is 0.750. The summed E-state index contributed by atoms with van der Waals surface area (Å²) >= 11 is 0. The van der Waals surface area contributed by atoms with Gasteiger partial charge in [-0.05, 0) is 37.7 Å². The summed E-state index contributed by atoms with van der Waals surface area (Å²) in [7, 11) is 0. The van der Waals surface area contributed by atoms with Gasteiger partial charge in [-0.2, -0.15) is 5.26 Å². The maximum atomic E-state index is 8.71. The zero-order chi connectivity index (χ0) is 11.3. The SMILES string of the molecule is CCN(CC)C(C)c1ccc(C#N)cc1. The van der Waals surface area contributed by atoms with Gasteiger partial charge in [0.2, 0.25) is 0 Å². The number of hydrogen-bond donors (Lipinski definition) is 0. The van der Waals surface area contributed by atoms with E-state index < -0.39 is 0 Å². The van der Waals surface area contributed by atoms with E-state index in [9.17, 15) is 0 Å². The van der Waals surface area contributed by atoms with Gasteiger partial charge in [-0.1, -0.05) is 26.0 Å². The zero-order valence-corrected chi connectivity index (χ0v) is 9.70. The van der Waals surface area contributed by atoms with Gasteiger partial charge < -0.3 is 0 Å². The van der Waals surface area contributed by atoms with E-state index in [1.54, 1.807) is 0 Å². The van der Waals surface area contributed by atoms with Crippen molar-refractivity contribution in [2.75, 3.05) is 13.1 Å². The average Bonchev–Trinajstić information content (AvgIpc) is 2.30. The summed E-state index contributed by atoms with van der Waals surface area (Å²) in [6, 6.07) is 10.4. The molecular weight excluding hydrogens is 184 g/mol. The predicted molar refractivity (Wildman–Crippen MR) is 62.5 cm³/mol. The minimum Gasteiger partial charge on any atom is -0.297 e. The molecule has 0 aromatic heterocycles. The van der Waals surface area contributed by atoms with Crippen LogP contribution in [-0.4, -0.2) is 18.0 Å². The van der Waals surface area contributed by atoms with E-state index in [0.717, 1.165) is 18.7 Å². The van der Waals surface area contributed by atoms with Crippen LogP contribution in [0.15, 0.2) is 24.3 Å². The summed E-state index contributed by atoms with van der Waals surface area (Å²) in [5.41, 5.74) is 2.00. The summed E-state index contributed by atoms with van der Waals surface area (Å²) in [5.74, 6) is 0. The Balaban J connectivity index is 2.82. The van der Waals surface area contributed by atoms with Crippen molar-refractivity contribution >= 4 is 0 Å². The van der Waals surface area contributed by atoms with Crippen molar-refractivity contribution in [3.63, 3.8) is 0 Å². The largest absolute Gasteiger partial charge is 0.297 e. The van der Waals surface area contributed by atoms with Gasteiger partial charge in [0.1, 0.15) is 0 Å². The van der Waals surface area contributed by atoms with Crippen molar-refractivity contribution in [1.82, 2.24) is 4.90 Å². The van der Waals surface area contributed by atoms with Gasteiger partial charge in [0.15, 0.2) is 0 Å². The van der Waals surface area contributed by atoms with Crippen LogP contribution in [0.1, 0.15) is 37.9 Å². The Bertz CT molecular complexity index is 331. The smallest absolute Gasteiger partial charge is 0.0991 e. The van der Waals surface area contributed by atoms with Crippen molar-refractivity contribution < 1.29 is 0 Å². The lowest BCUT2D eigenvalue weighted by Crippen LogP contribution is -2.26. The second kappa shape index (κ2) is 5.53. The highest BCUT2D eigenvalue weighted by Crippen LogP contribution is 2.19. The second-order valence-corrected chi connectivity index (χ2v) is 3.63. The van der Waals surface area contributed by atoms with Gasteiger partial charge in [0.05, 0.1) is 11.6 Å². The topological polar surface area (TPSA) is 27.0 Å². The van der Waals surface area contributed by atoms with Crippen LogP contribution in [0, 0.1) is 11.3 Å². The van der Waals surface area contributed by atoms with Crippen LogP contribution < -0.4 is 0 Å². The number of hydrogen-bond acceptors (Lipinski definition) is 2. The Kier molecular flexibility index (Phi) is 4.33. The summed E-state index contributed by atoms with van der Waals surface area (Å²) < 4.78 is 0. The molecule has 2 heteroatoms. The Labute approximate surface area is 92.1 Å². The Morgan fingerprint density at radius 2 is 1.73 bits per heavy atom. The lowest BCUT2D eigenvalue weighted by molar-refractivity contribution is 0.234. The van der Waals surface area contributed by atoms with Gasteiger partial charge in [-0.3, -0.25) is 4.90 Å². The number of nitriles is 1. The fraction of sp³-hybridized carbons (Fsp3) is 0.462. The fourth-order valence-electron chi connectivity index (χ4n) is 1.82. The third-order valence-corrected chi connectivity index (χ3v) is 2.88. The standard InChI is InChI=1S/C13H18N2/c1-4-15(5-2)11(3)13-8-6-12(10-14)7-9-13/h6-9,11H,4-5H2,1-3H3. The molecule has 1 rings (SSSR count). The molecule has 0 N–H and O–H groups in total. The van der Waals surface area contributed by atoms with E-state index in [1.807, 2.05) is 24.3 Å². The van der Waals surface area contributed by atoms with Gasteiger partial charge in [-0.25, -0.2) is 0 Å². The van der Waals surface area contributed by atoms with Crippen molar-refractivity contribution in [3.05, 3.63) is 35.4 Å². The molecule has 0 aliphatic rings. The van der Waals surface area contributed by atoms with Gasteiger partial charge in [-0.15, -0.1) is 0 Å². The highest BCUT2D eigenvalue weighted by atomic mass is 15.1. The molecule has 0 saturated carbocycles. The van der Waals surface area contributed by atoms with Gasteiger partial charge in [0, 0.05) is 6.04 Å². The molecule has 0 heterocycles. The van der Waals surface area contributed by atoms with Crippen LogP contribution in [0.3, 0.4) is 0 Å². The number of rotatable bonds is 4. The van der Waals surface area contributed by atoms with Crippen LogP contribution in [-0.2, 0) is 0 Å². The van der Waals surface area contributed by atoms with E-state index in [0.29, 0.717) is 6.04 Å². The zero-order valence-electron chi connectivity index (χ0n) is 9.70. The molecule has 0 amide bonds. The molecule has 0 aliphatic carbocycles. The lowest BCUT2D eigenvalue weighted by Gasteiger charge is -2.26. The Hall–Kier alpha value is -1.33. The molecule has 0 aliphatic heterocycles. The van der Waals surface area contributed by atoms with E-state index in [2.05, 4.69) is 31.7 Å². The molecule has 1 aromatic carbocycles. The first-order chi connectivity index (χ1) is 7.22. The molecule has 1 unspecified atom stereocenters. The number of benzene rings is 1. The summed E-state index contributed by atoms with van der Waals surface area (Å²) in [4.78, 5) is 2.39. The number of nitrogens with zero attached hydrogens (tertiary/aromatic N) is 2. The lowest BCUT2D eigenvalue weighted by atomic mass is 10.1. The normalized spacial score (nSPS) is 12.5. The average molecular weight is 202 g/mol. The van der Waals surface area contributed by atoms with Crippen molar-refractivity contribution in [1.29, 1.82) is 5.26 Å². The first kappa shape index (κ1) is 11.7. The van der Waals surface area contributed by atoms with Gasteiger partial charge in [0.25, 0.3) is 0 Å². The van der Waals surface area contributed by atoms with Crippen molar-refractivity contribution in [3.8, 4) is 6.07 Å². The molecular formula is C13H18N2. The van der Waals surface area contributed by atoms with Crippen LogP contribution in [0.25, 0.3) is 0 Å². The van der Waals surface area contributed by atoms with Crippen molar-refractivity contribution in [2.45, 2.75) is 26.8 Å². The summed E-state index contributed by atoms with van der Waals surface area (Å²) in [5, 5.41) is 8.71. The molecule has 2 nitrogen and oxygen atoms in total. The molecule has 0 spiro atoms. The van der Waals surface area contributed by atoms with Crippen LogP contribution >= 0.6 is 0 Å². The molecule has 1 atom stereocenters. The highest BCUT2D eigenvalue weighted by molar-refractivity contribution is 5.32. The van der Waals surface area contributed by atoms with E-state index in [4.69, 9.17) is 5.26 Å². The first-order valence-corrected chi connectivity index (χ1v) is 5.47. The molecule has 0 radical (unpaired) electrons. The molecule has 80 valence electrons. The van der Waals surface area contributed by atoms with Crippen LogP contribution in [0.2, 0.25) is 0 Å². The third-order valence-electron chi connectivity index (χ3n) is 2.88. The van der Waals surface area contributed by atoms with Crippen LogP contribution in [0.4, 0.5) is 0 Å². The van der Waals surface area contributed by atoms with E-state index in [1.165, 1.54) is 5.56 Å². The van der Waals surface area contributed by atoms with Gasteiger partial charge >= 0.3 is 0 Å². The maximum Gasteiger partial charge on any atom is 0.0991 e. The minimum atomic E-state index is 0.424. The third kappa shape index (κ3) is 2.81. The summed E-state index contributed by atoms with van der Waals surface area (Å²) in [6.45, 7) is 8.65. The first-order valence-electron chi connectivity index (χ1n) is 5.47. The molecule has 1 aromatic rings. The fourth-order valence-corrected chi connectivity index (χ4v) is 1.82. The van der Waals surface area contributed by atoms with Crippen LogP contribution in [0.5, 0.6) is 0 Å². The second-order valence-electron chi connectivity index (χ2n) is 3.63. The Morgan fingerprint density at radius 1 is 1.20 bits per heavy atom. The molecule has 0 bridgehead atoms. The van der Waals surface area contributed by atoms with E-state index in [-0.39, 0.29) is 0 Å². The maximum absolute atomic E-state index is 8.71. The van der Waals surface area contributed by atoms with E-state index >= 15 is 0 Å². The molecule has 15 heavy (non-hydrogen) atoms. The monoisotopic (exact) mass is 202 g/mol. The Morgan fingerprint density at radius 3 is 2.13 bits per heavy atom. The molecule has 0 fully saturated rings. The highest BCUT2D eigenvalue weighted by Gasteiger charge is 2.11. The summed E-state index contributed by atoms with van der Waals surface area (Å²) in [6.07, 6.45) is 0. The minimum absolute atomic E-state index is 0.424. The molecule has 0 saturated heterocycles. The predicted octanol–water partition coefficient (Wildman–Crippen LogP) is 2.96.